The van der Waals surface area contributed by atoms with E-state index in [0.717, 1.165) is 65.7 Å². The Morgan fingerprint density at radius 1 is 0.580 bits per heavy atom. The molecule has 0 spiro atoms. The van der Waals surface area contributed by atoms with Crippen LogP contribution < -0.4 is 20.7 Å². The Morgan fingerprint density at radius 2 is 0.960 bits per heavy atom. The molecule has 270 valence electrons. The smallest absolute Gasteiger partial charge is 0.258 e. The van der Waals surface area contributed by atoms with Gasteiger partial charge in [-0.05, 0) is 69.2 Å². The molecule has 0 saturated heterocycles. The Kier molecular flexibility index (Phi) is 14.4. The van der Waals surface area contributed by atoms with E-state index in [-0.39, 0.29) is 11.6 Å². The summed E-state index contributed by atoms with van der Waals surface area (Å²) in [5, 5.41) is 15.2. The van der Waals surface area contributed by atoms with Crippen LogP contribution in [-0.4, -0.2) is 61.7 Å². The van der Waals surface area contributed by atoms with E-state index in [9.17, 15) is 14.7 Å². The van der Waals surface area contributed by atoms with Crippen LogP contribution in [0.15, 0.2) is 121 Å². The number of thioether (sulfide) groups is 1. The maximum absolute atomic E-state index is 12.9. The second-order valence-electron chi connectivity index (χ2n) is 15.2. The number of hydrogen-bond acceptors (Lipinski definition) is 5. The average molecular weight is 729 g/mol. The molecule has 4 aromatic carbocycles. The van der Waals surface area contributed by atoms with E-state index in [2.05, 4.69) is 89.4 Å². The third-order valence-corrected chi connectivity index (χ3v) is 21.8. The normalized spacial score (nSPS) is 14.7. The van der Waals surface area contributed by atoms with Crippen LogP contribution in [0.1, 0.15) is 79.6 Å². The van der Waals surface area contributed by atoms with E-state index in [1.165, 1.54) is 0 Å². The molecule has 0 saturated carbocycles. The third-order valence-electron chi connectivity index (χ3n) is 11.2. The minimum atomic E-state index is -3.22. The van der Waals surface area contributed by atoms with E-state index in [1.54, 1.807) is 11.8 Å². The molecule has 2 atom stereocenters. The van der Waals surface area contributed by atoms with E-state index in [1.807, 2.05) is 72.8 Å². The summed E-state index contributed by atoms with van der Waals surface area (Å²) >= 11 is 1.74. The summed E-state index contributed by atoms with van der Waals surface area (Å²) in [6, 6.07) is 40.8. The number of aliphatic hydroxyl groups is 1. The number of unbranched alkanes of at least 4 members (excludes halogenated alkanes) is 1. The van der Waals surface area contributed by atoms with Crippen molar-refractivity contribution in [2.24, 2.45) is 0 Å². The van der Waals surface area contributed by atoms with Crippen molar-refractivity contribution in [2.75, 3.05) is 19.5 Å². The Bertz CT molecular complexity index is 1470. The number of aliphatic hydroxyl groups excluding tert-OH is 1. The summed E-state index contributed by atoms with van der Waals surface area (Å²) in [5.74, 6) is 0. The first-order valence-corrected chi connectivity index (χ1v) is 23.5. The van der Waals surface area contributed by atoms with Crippen molar-refractivity contribution in [1.29, 1.82) is 0 Å². The highest BCUT2D eigenvalue weighted by Crippen LogP contribution is 2.48. The molecule has 0 aliphatic heterocycles. The maximum Gasteiger partial charge on any atom is 0.258 e. The van der Waals surface area contributed by atoms with Crippen LogP contribution in [-0.2, 0) is 4.74 Å². The van der Waals surface area contributed by atoms with Gasteiger partial charge in [-0.1, -0.05) is 169 Å². The minimum absolute atomic E-state index is 0.288. The molecule has 0 aliphatic rings. The lowest BCUT2D eigenvalue weighted by Crippen LogP contribution is -2.65. The summed E-state index contributed by atoms with van der Waals surface area (Å²) in [5.41, 5.74) is 0. The number of rotatable bonds is 20. The quantitative estimate of drug-likeness (QED) is 0.0660. The van der Waals surface area contributed by atoms with Gasteiger partial charge >= 0.3 is 0 Å². The lowest BCUT2D eigenvalue weighted by Gasteiger charge is -2.45. The molecule has 50 heavy (non-hydrogen) atoms. The molecule has 0 radical (unpaired) electrons. The molecule has 7 heteroatoms. The maximum atomic E-state index is 12.9. The van der Waals surface area contributed by atoms with E-state index in [4.69, 9.17) is 4.74 Å². The van der Waals surface area contributed by atoms with Gasteiger partial charge in [0.15, 0.2) is 0 Å². The van der Waals surface area contributed by atoms with E-state index >= 15 is 0 Å². The van der Waals surface area contributed by atoms with Gasteiger partial charge in [0.1, 0.15) is 0 Å². The first kappa shape index (κ1) is 40.3. The first-order chi connectivity index (χ1) is 23.9. The zero-order chi connectivity index (χ0) is 36.3. The zero-order valence-corrected chi connectivity index (χ0v) is 34.0. The fraction of sp³-hybridized carbons (Fsp3) is 0.442. The topological polar surface area (TPSA) is 69.9 Å². The zero-order valence-electron chi connectivity index (χ0n) is 31.1. The van der Waals surface area contributed by atoms with Gasteiger partial charge in [0, 0.05) is 11.4 Å². The fourth-order valence-electron chi connectivity index (χ4n) is 7.72. The molecule has 0 amide bonds. The van der Waals surface area contributed by atoms with E-state index in [0.29, 0.717) is 6.61 Å². The van der Waals surface area contributed by atoms with Crippen molar-refractivity contribution in [1.82, 2.24) is 0 Å². The van der Waals surface area contributed by atoms with Crippen LogP contribution >= 0.6 is 11.8 Å². The standard InChI is InChI=1S/C43H60O4SSi2/c1-7-8-34-47-35-40(44)43(48-6,33-32-42(4,5)50(46,38-26-17-11-18-27-38)39-28-19-12-20-29-39)31-21-30-41(2,3)49(45,36-22-13-9-14-23-36)37-24-15-10-16-25-37/h9-20,22-29,40,44-46H,7-8,21,30-35H2,1-6H3/t40-,43-/m0/s1. The molecule has 3 N–H and O–H groups in total. The van der Waals surface area contributed by atoms with Crippen LogP contribution in [0.4, 0.5) is 0 Å². The number of benzene rings is 4. The molecular weight excluding hydrogens is 669 g/mol. The molecule has 0 fully saturated rings. The summed E-state index contributed by atoms with van der Waals surface area (Å²) in [6.07, 6.45) is 7.35. The molecule has 4 rings (SSSR count). The summed E-state index contributed by atoms with van der Waals surface area (Å²) in [7, 11) is -6.39. The van der Waals surface area contributed by atoms with Crippen LogP contribution in [0.5, 0.6) is 0 Å². The molecule has 0 aromatic heterocycles. The van der Waals surface area contributed by atoms with Gasteiger partial charge in [-0.15, -0.1) is 0 Å². The molecule has 4 aromatic rings. The van der Waals surface area contributed by atoms with Crippen molar-refractivity contribution in [3.63, 3.8) is 0 Å². The summed E-state index contributed by atoms with van der Waals surface area (Å²) < 4.78 is 5.58. The fourth-order valence-corrected chi connectivity index (χ4v) is 16.2. The van der Waals surface area contributed by atoms with Crippen molar-refractivity contribution in [3.8, 4) is 0 Å². The molecular formula is C43H60O4SSi2. The van der Waals surface area contributed by atoms with Gasteiger partial charge < -0.3 is 19.4 Å². The largest absolute Gasteiger partial charge is 0.424 e. The van der Waals surface area contributed by atoms with Gasteiger partial charge in [-0.2, -0.15) is 11.8 Å². The minimum Gasteiger partial charge on any atom is -0.424 e. The van der Waals surface area contributed by atoms with Crippen molar-refractivity contribution in [2.45, 2.75) is 100 Å². The van der Waals surface area contributed by atoms with Gasteiger partial charge in [0.25, 0.3) is 16.6 Å². The SMILES string of the molecule is CCCCOC[C@H](O)[C@](CCCC(C)(C)[Si](O)(c1ccccc1)c1ccccc1)(CCC(C)(C)[Si](O)(c1ccccc1)c1ccccc1)SC. The highest BCUT2D eigenvalue weighted by Gasteiger charge is 2.52. The Hall–Kier alpha value is -2.50. The predicted molar refractivity (Wildman–Crippen MR) is 219 cm³/mol. The van der Waals surface area contributed by atoms with Gasteiger partial charge in [-0.25, -0.2) is 0 Å². The molecule has 0 bridgehead atoms. The second-order valence-corrected chi connectivity index (χ2v) is 24.3. The predicted octanol–water partition coefficient (Wildman–Crippen LogP) is 7.28. The van der Waals surface area contributed by atoms with Crippen LogP contribution in [0, 0.1) is 0 Å². The van der Waals surface area contributed by atoms with Gasteiger partial charge in [0.2, 0.25) is 0 Å². The lowest BCUT2D eigenvalue weighted by molar-refractivity contribution is 0.00905. The molecule has 4 nitrogen and oxygen atoms in total. The highest BCUT2D eigenvalue weighted by molar-refractivity contribution is 8.00. The molecule has 0 aliphatic carbocycles. The first-order valence-electron chi connectivity index (χ1n) is 18.4. The number of hydrogen-bond donors (Lipinski definition) is 3. The van der Waals surface area contributed by atoms with Crippen LogP contribution in [0.3, 0.4) is 0 Å². The van der Waals surface area contributed by atoms with E-state index < -0.39 is 32.5 Å². The highest BCUT2D eigenvalue weighted by atomic mass is 32.2. The summed E-state index contributed by atoms with van der Waals surface area (Å²) in [4.78, 5) is 25.7. The van der Waals surface area contributed by atoms with Crippen molar-refractivity contribution >= 4 is 49.1 Å². The van der Waals surface area contributed by atoms with Gasteiger partial charge in [-0.3, -0.25) is 0 Å². The van der Waals surface area contributed by atoms with Gasteiger partial charge in [0.05, 0.1) is 12.7 Å². The Balaban J connectivity index is 1.64. The summed E-state index contributed by atoms with van der Waals surface area (Å²) in [6.45, 7) is 11.9. The third kappa shape index (κ3) is 8.75. The lowest BCUT2D eigenvalue weighted by atomic mass is 9.86. The Labute approximate surface area is 308 Å². The second kappa shape index (κ2) is 17.8. The van der Waals surface area contributed by atoms with Crippen molar-refractivity contribution < 1.29 is 19.4 Å². The number of ether oxygens (including phenoxy) is 1. The molecule has 0 unspecified atom stereocenters. The van der Waals surface area contributed by atoms with Crippen LogP contribution in [0.25, 0.3) is 0 Å². The monoisotopic (exact) mass is 728 g/mol. The molecule has 0 heterocycles. The Morgan fingerprint density at radius 3 is 1.32 bits per heavy atom. The average Bonchev–Trinajstić information content (AvgIpc) is 3.15. The van der Waals surface area contributed by atoms with Crippen molar-refractivity contribution in [3.05, 3.63) is 121 Å². The van der Waals surface area contributed by atoms with Crippen LogP contribution in [0.2, 0.25) is 10.1 Å².